The second-order valence-electron chi connectivity index (χ2n) is 7.16. The number of carbonyl (C=O) groups is 2. The van der Waals surface area contributed by atoms with E-state index in [1.807, 2.05) is 62.4 Å². The molecule has 6 nitrogen and oxygen atoms in total. The van der Waals surface area contributed by atoms with Gasteiger partial charge in [0.25, 0.3) is 11.1 Å². The minimum atomic E-state index is -0.276. The van der Waals surface area contributed by atoms with E-state index < -0.39 is 0 Å². The number of imide groups is 1. The second kappa shape index (κ2) is 7.37. The van der Waals surface area contributed by atoms with E-state index in [4.69, 9.17) is 4.42 Å². The molecule has 5 rings (SSSR count). The zero-order valence-electron chi connectivity index (χ0n) is 16.2. The fraction of sp³-hybridized carbons (Fsp3) is 0.136. The van der Waals surface area contributed by atoms with E-state index in [0.29, 0.717) is 16.2 Å². The Morgan fingerprint density at radius 2 is 2.00 bits per heavy atom. The highest BCUT2D eigenvalue weighted by molar-refractivity contribution is 8.18. The Kier molecular flexibility index (Phi) is 4.67. The number of aromatic amines is 1. The average molecular weight is 436 g/mol. The molecular formula is C22H17N3O3S2. The molecule has 0 bridgehead atoms. The molecule has 2 amide bonds. The van der Waals surface area contributed by atoms with Gasteiger partial charge in [-0.25, -0.2) is 4.98 Å². The summed E-state index contributed by atoms with van der Waals surface area (Å²) in [5.41, 5.74) is 2.64. The van der Waals surface area contributed by atoms with Crippen molar-refractivity contribution in [1.82, 2.24) is 14.9 Å². The maximum Gasteiger partial charge on any atom is 0.293 e. The van der Waals surface area contributed by atoms with Crippen LogP contribution in [-0.2, 0) is 4.79 Å². The lowest BCUT2D eigenvalue weighted by molar-refractivity contribution is -0.123. The minimum Gasteiger partial charge on any atom is -0.457 e. The molecule has 0 aliphatic carbocycles. The first-order chi connectivity index (χ1) is 14.5. The van der Waals surface area contributed by atoms with Gasteiger partial charge in [0, 0.05) is 22.4 Å². The third kappa shape index (κ3) is 3.42. The third-order valence-electron chi connectivity index (χ3n) is 4.71. The molecule has 1 N–H and O–H groups in total. The number of nitrogens with zero attached hydrogens (tertiary/aromatic N) is 2. The molecule has 1 fully saturated rings. The smallest absolute Gasteiger partial charge is 0.293 e. The van der Waals surface area contributed by atoms with E-state index >= 15 is 0 Å². The van der Waals surface area contributed by atoms with Crippen molar-refractivity contribution in [2.75, 3.05) is 0 Å². The van der Waals surface area contributed by atoms with Crippen LogP contribution in [0.25, 0.3) is 28.1 Å². The summed E-state index contributed by atoms with van der Waals surface area (Å²) in [5, 5.41) is 1.49. The largest absolute Gasteiger partial charge is 0.457 e. The van der Waals surface area contributed by atoms with Crippen molar-refractivity contribution < 1.29 is 14.0 Å². The zero-order chi connectivity index (χ0) is 20.8. The van der Waals surface area contributed by atoms with Crippen molar-refractivity contribution in [3.05, 3.63) is 59.2 Å². The summed E-state index contributed by atoms with van der Waals surface area (Å²) in [5.74, 6) is 0.270. The summed E-state index contributed by atoms with van der Waals surface area (Å²) in [6.07, 6.45) is 1.64. The van der Waals surface area contributed by atoms with Gasteiger partial charge < -0.3 is 9.40 Å². The van der Waals surface area contributed by atoms with E-state index in [1.54, 1.807) is 6.08 Å². The number of aromatic nitrogens is 2. The molecule has 150 valence electrons. The molecule has 30 heavy (non-hydrogen) atoms. The Balaban J connectivity index is 1.41. The fourth-order valence-corrected chi connectivity index (χ4v) is 5.08. The number of amides is 2. The molecule has 1 aliphatic rings. The lowest BCUT2D eigenvalue weighted by Gasteiger charge is -2.16. The topological polar surface area (TPSA) is 79.2 Å². The van der Waals surface area contributed by atoms with Gasteiger partial charge in [-0.15, -0.1) is 0 Å². The normalized spacial score (nSPS) is 16.1. The van der Waals surface area contributed by atoms with Crippen LogP contribution >= 0.6 is 23.5 Å². The van der Waals surface area contributed by atoms with Crippen LogP contribution < -0.4 is 0 Å². The Hall–Kier alpha value is -2.97. The molecule has 2 aromatic carbocycles. The first-order valence-corrected chi connectivity index (χ1v) is 11.0. The molecule has 1 aliphatic heterocycles. The Morgan fingerprint density at radius 1 is 1.17 bits per heavy atom. The molecular weight excluding hydrogens is 418 g/mol. The van der Waals surface area contributed by atoms with Gasteiger partial charge in [0.05, 0.1) is 15.9 Å². The molecule has 0 unspecified atom stereocenters. The first kappa shape index (κ1) is 19.0. The second-order valence-corrected chi connectivity index (χ2v) is 9.21. The number of imidazole rings is 1. The van der Waals surface area contributed by atoms with E-state index in [-0.39, 0.29) is 17.2 Å². The lowest BCUT2D eigenvalue weighted by atomic mass is 10.2. The SMILES string of the molecule is CC(C)N1C(=O)S/C(=C\c2cc3ccc(Sc4nc5ccccc5[nH]4)cc3o2)C1=O. The maximum atomic E-state index is 12.5. The monoisotopic (exact) mass is 435 g/mol. The maximum absolute atomic E-state index is 12.5. The van der Waals surface area contributed by atoms with Crippen LogP contribution in [0.2, 0.25) is 0 Å². The van der Waals surface area contributed by atoms with Crippen LogP contribution in [0.15, 0.2) is 67.9 Å². The highest BCUT2D eigenvalue weighted by Gasteiger charge is 2.36. The van der Waals surface area contributed by atoms with Crippen LogP contribution in [-0.4, -0.2) is 32.1 Å². The van der Waals surface area contributed by atoms with Crippen molar-refractivity contribution >= 4 is 62.7 Å². The molecule has 4 aromatic rings. The lowest BCUT2D eigenvalue weighted by Crippen LogP contribution is -2.34. The highest BCUT2D eigenvalue weighted by atomic mass is 32.2. The molecule has 1 saturated heterocycles. The van der Waals surface area contributed by atoms with Gasteiger partial charge in [-0.2, -0.15) is 0 Å². The number of rotatable bonds is 4. The number of benzene rings is 2. The number of H-pyrrole nitrogens is 1. The standard InChI is InChI=1S/C22H17N3O3S2/c1-12(2)25-20(26)19(30-22(25)27)10-14-9-13-7-8-15(11-18(13)28-14)29-21-23-16-5-3-4-6-17(16)24-21/h3-12H,1-2H3,(H,23,24)/b19-10-. The third-order valence-corrected chi connectivity index (χ3v) is 6.47. The highest BCUT2D eigenvalue weighted by Crippen LogP contribution is 2.35. The van der Waals surface area contributed by atoms with Crippen molar-refractivity contribution in [3.63, 3.8) is 0 Å². The summed E-state index contributed by atoms with van der Waals surface area (Å²) < 4.78 is 5.93. The Morgan fingerprint density at radius 3 is 2.77 bits per heavy atom. The summed E-state index contributed by atoms with van der Waals surface area (Å²) in [6, 6.07) is 15.5. The van der Waals surface area contributed by atoms with Crippen LogP contribution in [0.4, 0.5) is 4.79 Å². The quantitative estimate of drug-likeness (QED) is 0.402. The number of thioether (sulfide) groups is 1. The molecule has 0 atom stereocenters. The zero-order valence-corrected chi connectivity index (χ0v) is 17.8. The van der Waals surface area contributed by atoms with E-state index in [9.17, 15) is 9.59 Å². The fourth-order valence-electron chi connectivity index (χ4n) is 3.31. The number of hydrogen-bond acceptors (Lipinski definition) is 6. The van der Waals surface area contributed by atoms with Crippen molar-refractivity contribution in [3.8, 4) is 0 Å². The van der Waals surface area contributed by atoms with Gasteiger partial charge in [0.1, 0.15) is 11.3 Å². The van der Waals surface area contributed by atoms with Crippen LogP contribution in [0.3, 0.4) is 0 Å². The van der Waals surface area contributed by atoms with Gasteiger partial charge >= 0.3 is 0 Å². The number of nitrogens with one attached hydrogen (secondary N) is 1. The summed E-state index contributed by atoms with van der Waals surface area (Å²) in [4.78, 5) is 35.1. The molecule has 2 aromatic heterocycles. The van der Waals surface area contributed by atoms with Gasteiger partial charge in [-0.05, 0) is 62.0 Å². The number of para-hydroxylation sites is 2. The molecule has 0 spiro atoms. The minimum absolute atomic E-state index is 0.170. The number of hydrogen-bond donors (Lipinski definition) is 1. The molecule has 0 radical (unpaired) electrons. The van der Waals surface area contributed by atoms with Crippen molar-refractivity contribution in [2.24, 2.45) is 0 Å². The molecule has 3 heterocycles. The number of fused-ring (bicyclic) bond motifs is 2. The van der Waals surface area contributed by atoms with Crippen molar-refractivity contribution in [2.45, 2.75) is 29.9 Å². The summed E-state index contributed by atoms with van der Waals surface area (Å²) in [7, 11) is 0. The summed E-state index contributed by atoms with van der Waals surface area (Å²) in [6.45, 7) is 3.64. The van der Waals surface area contributed by atoms with Crippen LogP contribution in [0.5, 0.6) is 0 Å². The number of carbonyl (C=O) groups excluding carboxylic acids is 2. The van der Waals surface area contributed by atoms with Gasteiger partial charge in [0.2, 0.25) is 0 Å². The predicted molar refractivity (Wildman–Crippen MR) is 119 cm³/mol. The van der Waals surface area contributed by atoms with Crippen LogP contribution in [0.1, 0.15) is 19.6 Å². The average Bonchev–Trinajstić information content (AvgIpc) is 3.36. The van der Waals surface area contributed by atoms with Gasteiger partial charge in [-0.3, -0.25) is 14.5 Å². The molecule has 8 heteroatoms. The predicted octanol–water partition coefficient (Wildman–Crippen LogP) is 5.91. The van der Waals surface area contributed by atoms with Crippen LogP contribution in [0, 0.1) is 0 Å². The van der Waals surface area contributed by atoms with Gasteiger partial charge in [0.15, 0.2) is 5.16 Å². The van der Waals surface area contributed by atoms with E-state index in [1.165, 1.54) is 16.7 Å². The van der Waals surface area contributed by atoms with Gasteiger partial charge in [-0.1, -0.05) is 23.9 Å². The van der Waals surface area contributed by atoms with E-state index in [2.05, 4.69) is 9.97 Å². The Bertz CT molecular complexity index is 1300. The summed E-state index contributed by atoms with van der Waals surface area (Å²) >= 11 is 2.47. The first-order valence-electron chi connectivity index (χ1n) is 9.41. The van der Waals surface area contributed by atoms with Crippen molar-refractivity contribution in [1.29, 1.82) is 0 Å². The molecule has 0 saturated carbocycles. The van der Waals surface area contributed by atoms with E-state index in [0.717, 1.165) is 38.2 Å². The number of furan rings is 1. The Labute approximate surface area is 180 Å².